The topological polar surface area (TPSA) is 125 Å². The van der Waals surface area contributed by atoms with Crippen LogP contribution in [0.2, 0.25) is 0 Å². The molecule has 13 heteroatoms. The zero-order chi connectivity index (χ0) is 35.7. The van der Waals surface area contributed by atoms with E-state index in [4.69, 9.17) is 14.2 Å². The van der Waals surface area contributed by atoms with E-state index < -0.39 is 59.8 Å². The lowest BCUT2D eigenvalue weighted by molar-refractivity contribution is -0.146. The molecule has 0 unspecified atom stereocenters. The van der Waals surface area contributed by atoms with Gasteiger partial charge in [-0.2, -0.15) is 9.78 Å². The molecule has 264 valence electrons. The number of pyridine rings is 1. The third-order valence-corrected chi connectivity index (χ3v) is 9.29. The minimum absolute atomic E-state index is 0.0780. The Hall–Kier alpha value is -4.91. The van der Waals surface area contributed by atoms with Crippen LogP contribution in [0.15, 0.2) is 72.9 Å². The molecule has 3 heterocycles. The van der Waals surface area contributed by atoms with Crippen molar-refractivity contribution in [2.24, 2.45) is 0 Å². The Morgan fingerprint density at radius 2 is 1.66 bits per heavy atom. The third kappa shape index (κ3) is 7.47. The molecule has 1 aliphatic carbocycles. The molecule has 11 nitrogen and oxygen atoms in total. The molecule has 0 bridgehead atoms. The Kier molecular flexibility index (Phi) is 9.62. The maximum atomic E-state index is 14.8. The van der Waals surface area contributed by atoms with Crippen LogP contribution in [0.3, 0.4) is 0 Å². The molecule has 1 saturated heterocycles. The van der Waals surface area contributed by atoms with Crippen LogP contribution in [0.25, 0.3) is 11.0 Å². The molecule has 6 rings (SSSR count). The number of aromatic nitrogens is 3. The predicted molar refractivity (Wildman–Crippen MR) is 181 cm³/mol. The van der Waals surface area contributed by atoms with Crippen LogP contribution in [0.4, 0.5) is 19.4 Å². The number of rotatable bonds is 8. The molecule has 50 heavy (non-hydrogen) atoms. The first-order valence-electron chi connectivity index (χ1n) is 16.6. The van der Waals surface area contributed by atoms with E-state index in [1.165, 1.54) is 24.3 Å². The largest absolute Gasteiger partial charge is 0.497 e. The molecule has 1 N–H and O–H groups in total. The highest BCUT2D eigenvalue weighted by Crippen LogP contribution is 2.48. The first-order chi connectivity index (χ1) is 23.8. The number of nitrogens with one attached hydrogen (secondary N) is 1. The van der Waals surface area contributed by atoms with Gasteiger partial charge in [0.2, 0.25) is 17.7 Å². The summed E-state index contributed by atoms with van der Waals surface area (Å²) in [6, 6.07) is 18.6. The molecule has 2 fully saturated rings. The average molecular weight is 690 g/mol. The van der Waals surface area contributed by atoms with Gasteiger partial charge in [-0.3, -0.25) is 9.59 Å². The number of ether oxygens (including phenoxy) is 3. The zero-order valence-electron chi connectivity index (χ0n) is 28.5. The standard InChI is InChI=1S/C37H41F2N5O6/c1-35(2,3)50-34(47)44-29-14-15-31(41-28(29)21-40-44)42-32(45)30-20-27(49-23-24-8-6-5-7-9-24)22-43(30)33(46)36(16-18-37(38,39)19-17-36)25-10-12-26(48-4)13-11-25/h5-15,21,27,30H,16-20,22-23H2,1-4H3,(H,41,42,45)/t27-,30+/m0/s1. The maximum Gasteiger partial charge on any atom is 0.435 e. The minimum Gasteiger partial charge on any atom is -0.497 e. The van der Waals surface area contributed by atoms with Gasteiger partial charge in [-0.25, -0.2) is 18.6 Å². The molecule has 4 aromatic rings. The second kappa shape index (κ2) is 13.8. The second-order valence-corrected chi connectivity index (χ2v) is 13.9. The number of benzene rings is 2. The normalized spacial score (nSPS) is 20.0. The Labute approximate surface area is 288 Å². The molecule has 2 atom stereocenters. The number of hydrogen-bond donors (Lipinski definition) is 1. The summed E-state index contributed by atoms with van der Waals surface area (Å²) < 4.78 is 47.2. The minimum atomic E-state index is -2.89. The number of likely N-dealkylation sites (tertiary alicyclic amines) is 1. The van der Waals surface area contributed by atoms with Gasteiger partial charge in [-0.05, 0) is 69.0 Å². The van der Waals surface area contributed by atoms with Gasteiger partial charge in [0.1, 0.15) is 28.7 Å². The molecule has 2 amide bonds. The lowest BCUT2D eigenvalue weighted by Crippen LogP contribution is -2.54. The summed E-state index contributed by atoms with van der Waals surface area (Å²) in [5.74, 6) is -3.02. The maximum absolute atomic E-state index is 14.8. The van der Waals surface area contributed by atoms with Gasteiger partial charge in [0.05, 0.1) is 36.9 Å². The van der Waals surface area contributed by atoms with Gasteiger partial charge in [-0.1, -0.05) is 42.5 Å². The van der Waals surface area contributed by atoms with Crippen molar-refractivity contribution < 1.29 is 37.4 Å². The summed E-state index contributed by atoms with van der Waals surface area (Å²) in [5, 5.41) is 6.94. The van der Waals surface area contributed by atoms with Crippen LogP contribution in [0.1, 0.15) is 64.0 Å². The number of hydrogen-bond acceptors (Lipinski definition) is 8. The molecule has 1 aliphatic heterocycles. The van der Waals surface area contributed by atoms with Gasteiger partial charge in [-0.15, -0.1) is 0 Å². The summed E-state index contributed by atoms with van der Waals surface area (Å²) in [4.78, 5) is 47.4. The number of fused-ring (bicyclic) bond motifs is 1. The van der Waals surface area contributed by atoms with Crippen molar-refractivity contribution in [2.45, 2.75) is 88.6 Å². The van der Waals surface area contributed by atoms with Gasteiger partial charge in [0.15, 0.2) is 0 Å². The van der Waals surface area contributed by atoms with Gasteiger partial charge < -0.3 is 24.4 Å². The van der Waals surface area contributed by atoms with Crippen LogP contribution < -0.4 is 10.1 Å². The number of amides is 2. The van der Waals surface area contributed by atoms with Crippen LogP contribution in [-0.2, 0) is 31.1 Å². The lowest BCUT2D eigenvalue weighted by atomic mass is 9.67. The summed E-state index contributed by atoms with van der Waals surface area (Å²) >= 11 is 0. The Balaban J connectivity index is 1.28. The van der Waals surface area contributed by atoms with Crippen LogP contribution >= 0.6 is 0 Å². The van der Waals surface area contributed by atoms with Crippen molar-refractivity contribution in [3.63, 3.8) is 0 Å². The van der Waals surface area contributed by atoms with E-state index in [1.54, 1.807) is 51.1 Å². The molecule has 0 radical (unpaired) electrons. The fourth-order valence-corrected chi connectivity index (χ4v) is 6.68. The Morgan fingerprint density at radius 1 is 0.960 bits per heavy atom. The van der Waals surface area contributed by atoms with E-state index in [0.717, 1.165) is 10.2 Å². The number of carbonyl (C=O) groups excluding carboxylic acids is 3. The van der Waals surface area contributed by atoms with Gasteiger partial charge in [0.25, 0.3) is 0 Å². The Morgan fingerprint density at radius 3 is 2.32 bits per heavy atom. The second-order valence-electron chi connectivity index (χ2n) is 13.9. The quantitative estimate of drug-likeness (QED) is 0.223. The fraction of sp³-hybridized carbons (Fsp3) is 0.432. The molecular weight excluding hydrogens is 648 g/mol. The van der Waals surface area contributed by atoms with E-state index in [0.29, 0.717) is 22.3 Å². The van der Waals surface area contributed by atoms with E-state index >= 15 is 0 Å². The fourth-order valence-electron chi connectivity index (χ4n) is 6.68. The van der Waals surface area contributed by atoms with Gasteiger partial charge >= 0.3 is 6.09 Å². The highest BCUT2D eigenvalue weighted by atomic mass is 19.3. The molecule has 0 spiro atoms. The van der Waals surface area contributed by atoms with Crippen molar-refractivity contribution >= 4 is 34.8 Å². The van der Waals surface area contributed by atoms with Crippen LogP contribution in [0, 0.1) is 0 Å². The zero-order valence-corrected chi connectivity index (χ0v) is 28.5. The highest BCUT2D eigenvalue weighted by Gasteiger charge is 2.53. The Bertz CT molecular complexity index is 1850. The monoisotopic (exact) mass is 689 g/mol. The van der Waals surface area contributed by atoms with Crippen molar-refractivity contribution in [2.75, 3.05) is 19.0 Å². The molecular formula is C37H41F2N5O6. The van der Waals surface area contributed by atoms with Crippen molar-refractivity contribution in [1.82, 2.24) is 19.7 Å². The number of alkyl halides is 2. The molecule has 2 aliphatic rings. The molecule has 1 saturated carbocycles. The third-order valence-electron chi connectivity index (χ3n) is 9.29. The van der Waals surface area contributed by atoms with E-state index in [2.05, 4.69) is 15.4 Å². The number of halogens is 2. The SMILES string of the molecule is COc1ccc(C2(C(=O)N3C[C@@H](OCc4ccccc4)C[C@@H]3C(=O)Nc3ccc4c(cnn4C(=O)OC(C)(C)C)n3)CCC(F)(F)CC2)cc1. The van der Waals surface area contributed by atoms with E-state index in [-0.39, 0.29) is 38.2 Å². The van der Waals surface area contributed by atoms with Crippen molar-refractivity contribution in [3.8, 4) is 5.75 Å². The van der Waals surface area contributed by atoms with Crippen molar-refractivity contribution in [3.05, 3.63) is 84.1 Å². The van der Waals surface area contributed by atoms with Crippen molar-refractivity contribution in [1.29, 1.82) is 0 Å². The lowest BCUT2D eigenvalue weighted by Gasteiger charge is -2.42. The number of nitrogens with zero attached hydrogens (tertiary/aromatic N) is 4. The first-order valence-corrected chi connectivity index (χ1v) is 16.6. The first kappa shape index (κ1) is 34.9. The van der Waals surface area contributed by atoms with E-state index in [9.17, 15) is 23.2 Å². The number of anilines is 1. The summed E-state index contributed by atoms with van der Waals surface area (Å²) in [6.45, 7) is 5.63. The van der Waals surface area contributed by atoms with Gasteiger partial charge in [0, 0.05) is 25.8 Å². The van der Waals surface area contributed by atoms with Crippen LogP contribution in [-0.4, -0.2) is 74.9 Å². The summed E-state index contributed by atoms with van der Waals surface area (Å²) in [6.07, 6.45) is -0.635. The van der Waals surface area contributed by atoms with E-state index in [1.807, 2.05) is 30.3 Å². The summed E-state index contributed by atoms with van der Waals surface area (Å²) in [5.41, 5.74) is 0.272. The average Bonchev–Trinajstić information content (AvgIpc) is 3.72. The smallest absolute Gasteiger partial charge is 0.435 e. The number of methoxy groups -OCH3 is 1. The van der Waals surface area contributed by atoms with Crippen LogP contribution in [0.5, 0.6) is 5.75 Å². The predicted octanol–water partition coefficient (Wildman–Crippen LogP) is 6.50. The number of carbonyl (C=O) groups is 3. The summed E-state index contributed by atoms with van der Waals surface area (Å²) in [7, 11) is 1.53. The highest BCUT2D eigenvalue weighted by molar-refractivity contribution is 6.00. The molecule has 2 aromatic carbocycles. The molecule has 2 aromatic heterocycles.